The van der Waals surface area contributed by atoms with Crippen molar-refractivity contribution < 1.29 is 0 Å². The van der Waals surface area contributed by atoms with E-state index in [0.717, 1.165) is 11.8 Å². The zero-order valence-electron chi connectivity index (χ0n) is 9.67. The van der Waals surface area contributed by atoms with Crippen molar-refractivity contribution in [2.75, 3.05) is 19.6 Å². The van der Waals surface area contributed by atoms with Gasteiger partial charge in [-0.05, 0) is 50.7 Å². The molecule has 0 atom stereocenters. The summed E-state index contributed by atoms with van der Waals surface area (Å²) in [6, 6.07) is 0. The van der Waals surface area contributed by atoms with Crippen LogP contribution in [0.2, 0.25) is 0 Å². The van der Waals surface area contributed by atoms with Crippen LogP contribution in [0, 0.1) is 11.8 Å². The fourth-order valence-corrected chi connectivity index (χ4v) is 3.39. The molecule has 1 aliphatic carbocycles. The van der Waals surface area contributed by atoms with Crippen LogP contribution < -0.4 is 0 Å². The molecule has 0 aromatic heterocycles. The first-order valence-electron chi connectivity index (χ1n) is 6.62. The molecule has 2 aliphatic rings. The van der Waals surface area contributed by atoms with Crippen molar-refractivity contribution in [2.45, 2.75) is 51.9 Å². The summed E-state index contributed by atoms with van der Waals surface area (Å²) in [4.78, 5) is 2.66. The second-order valence-electron chi connectivity index (χ2n) is 5.22. The van der Waals surface area contributed by atoms with E-state index >= 15 is 0 Å². The summed E-state index contributed by atoms with van der Waals surface area (Å²) in [6.07, 6.45) is 10.4. The lowest BCUT2D eigenvalue weighted by atomic mass is 9.83. The minimum Gasteiger partial charge on any atom is -0.303 e. The van der Waals surface area contributed by atoms with Crippen LogP contribution in [0.5, 0.6) is 0 Å². The maximum atomic E-state index is 2.66. The van der Waals surface area contributed by atoms with Gasteiger partial charge in [0, 0.05) is 0 Å². The lowest BCUT2D eigenvalue weighted by molar-refractivity contribution is 0.148. The van der Waals surface area contributed by atoms with E-state index in [1.807, 2.05) is 0 Å². The van der Waals surface area contributed by atoms with E-state index < -0.39 is 0 Å². The monoisotopic (exact) mass is 195 g/mol. The smallest absolute Gasteiger partial charge is 0.00160 e. The van der Waals surface area contributed by atoms with Crippen LogP contribution in [-0.4, -0.2) is 24.5 Å². The van der Waals surface area contributed by atoms with Crippen LogP contribution in [0.4, 0.5) is 0 Å². The van der Waals surface area contributed by atoms with Gasteiger partial charge in [0.2, 0.25) is 0 Å². The molecule has 1 saturated carbocycles. The van der Waals surface area contributed by atoms with E-state index in [-0.39, 0.29) is 0 Å². The van der Waals surface area contributed by atoms with Gasteiger partial charge in [-0.25, -0.2) is 0 Å². The molecule has 14 heavy (non-hydrogen) atoms. The summed E-state index contributed by atoms with van der Waals surface area (Å²) in [5, 5.41) is 0. The Kier molecular flexibility index (Phi) is 3.86. The third-order valence-corrected chi connectivity index (χ3v) is 4.24. The van der Waals surface area contributed by atoms with E-state index in [0.29, 0.717) is 0 Å². The van der Waals surface area contributed by atoms with Crippen molar-refractivity contribution in [3.05, 3.63) is 0 Å². The molecule has 1 aliphatic heterocycles. The van der Waals surface area contributed by atoms with E-state index in [4.69, 9.17) is 0 Å². The summed E-state index contributed by atoms with van der Waals surface area (Å²) in [5.41, 5.74) is 0. The predicted octanol–water partition coefficient (Wildman–Crippen LogP) is 3.30. The number of piperidine rings is 1. The van der Waals surface area contributed by atoms with Crippen molar-refractivity contribution in [3.8, 4) is 0 Å². The molecule has 0 unspecified atom stereocenters. The summed E-state index contributed by atoms with van der Waals surface area (Å²) < 4.78 is 0. The molecule has 1 nitrogen and oxygen atoms in total. The molecular weight excluding hydrogens is 170 g/mol. The first-order chi connectivity index (χ1) is 6.90. The molecule has 1 heterocycles. The third-order valence-electron chi connectivity index (χ3n) is 4.24. The Morgan fingerprint density at radius 3 is 2.07 bits per heavy atom. The molecule has 0 radical (unpaired) electrons. The summed E-state index contributed by atoms with van der Waals surface area (Å²) >= 11 is 0. The van der Waals surface area contributed by atoms with Gasteiger partial charge < -0.3 is 4.90 Å². The molecule has 1 saturated heterocycles. The van der Waals surface area contributed by atoms with E-state index in [9.17, 15) is 0 Å². The minimum absolute atomic E-state index is 1.09. The average molecular weight is 195 g/mol. The van der Waals surface area contributed by atoms with Crippen LogP contribution in [0.3, 0.4) is 0 Å². The summed E-state index contributed by atoms with van der Waals surface area (Å²) in [6.45, 7) is 6.39. The number of likely N-dealkylation sites (tertiary alicyclic amines) is 1. The van der Waals surface area contributed by atoms with Crippen molar-refractivity contribution in [3.63, 3.8) is 0 Å². The van der Waals surface area contributed by atoms with Gasteiger partial charge in [0.05, 0.1) is 0 Å². The first kappa shape index (κ1) is 10.5. The van der Waals surface area contributed by atoms with E-state index in [1.165, 1.54) is 51.7 Å². The molecule has 0 amide bonds. The van der Waals surface area contributed by atoms with Gasteiger partial charge in [-0.2, -0.15) is 0 Å². The van der Waals surface area contributed by atoms with Crippen molar-refractivity contribution in [2.24, 2.45) is 11.8 Å². The van der Waals surface area contributed by atoms with Crippen molar-refractivity contribution in [1.29, 1.82) is 0 Å². The number of rotatable bonds is 3. The van der Waals surface area contributed by atoms with Gasteiger partial charge in [0.25, 0.3) is 0 Å². The molecule has 2 rings (SSSR count). The Labute approximate surface area is 88.9 Å². The van der Waals surface area contributed by atoms with Gasteiger partial charge >= 0.3 is 0 Å². The fourth-order valence-electron chi connectivity index (χ4n) is 3.39. The lowest BCUT2D eigenvalue weighted by Gasteiger charge is -2.34. The first-order valence-corrected chi connectivity index (χ1v) is 6.62. The second-order valence-corrected chi connectivity index (χ2v) is 5.22. The Morgan fingerprint density at radius 2 is 1.50 bits per heavy atom. The highest BCUT2D eigenvalue weighted by atomic mass is 15.1. The third kappa shape index (κ3) is 2.50. The van der Waals surface area contributed by atoms with Gasteiger partial charge in [-0.3, -0.25) is 0 Å². The summed E-state index contributed by atoms with van der Waals surface area (Å²) in [5.74, 6) is 2.20. The molecule has 0 N–H and O–H groups in total. The molecule has 2 fully saturated rings. The van der Waals surface area contributed by atoms with Crippen LogP contribution in [-0.2, 0) is 0 Å². The molecule has 1 heteroatoms. The molecular formula is C13H25N. The number of nitrogens with zero attached hydrogens (tertiary/aromatic N) is 1. The molecule has 0 aromatic carbocycles. The Bertz CT molecular complexity index is 153. The molecule has 0 spiro atoms. The van der Waals surface area contributed by atoms with Gasteiger partial charge in [-0.1, -0.05) is 32.6 Å². The van der Waals surface area contributed by atoms with Crippen LogP contribution in [0.15, 0.2) is 0 Å². The van der Waals surface area contributed by atoms with Gasteiger partial charge in [0.1, 0.15) is 0 Å². The largest absolute Gasteiger partial charge is 0.303 e. The zero-order chi connectivity index (χ0) is 9.80. The number of hydrogen-bond acceptors (Lipinski definition) is 1. The SMILES string of the molecule is CCCN1CCC(C2CCCC2)CC1. The highest BCUT2D eigenvalue weighted by Crippen LogP contribution is 2.36. The zero-order valence-corrected chi connectivity index (χ0v) is 9.67. The van der Waals surface area contributed by atoms with E-state index in [1.54, 1.807) is 12.8 Å². The minimum atomic E-state index is 1.09. The maximum Gasteiger partial charge on any atom is -0.00160 e. The topological polar surface area (TPSA) is 3.24 Å². The van der Waals surface area contributed by atoms with E-state index in [2.05, 4.69) is 11.8 Å². The Balaban J connectivity index is 1.72. The molecule has 82 valence electrons. The van der Waals surface area contributed by atoms with Crippen LogP contribution in [0.25, 0.3) is 0 Å². The lowest BCUT2D eigenvalue weighted by Crippen LogP contribution is -2.36. The molecule has 0 bridgehead atoms. The predicted molar refractivity (Wildman–Crippen MR) is 61.4 cm³/mol. The van der Waals surface area contributed by atoms with Gasteiger partial charge in [0.15, 0.2) is 0 Å². The van der Waals surface area contributed by atoms with Crippen LogP contribution >= 0.6 is 0 Å². The van der Waals surface area contributed by atoms with Gasteiger partial charge in [-0.15, -0.1) is 0 Å². The quantitative estimate of drug-likeness (QED) is 0.668. The normalized spacial score (nSPS) is 27.2. The highest BCUT2D eigenvalue weighted by Gasteiger charge is 2.27. The second kappa shape index (κ2) is 5.16. The van der Waals surface area contributed by atoms with Crippen molar-refractivity contribution >= 4 is 0 Å². The molecule has 0 aromatic rings. The highest BCUT2D eigenvalue weighted by molar-refractivity contribution is 4.80. The fraction of sp³-hybridized carbons (Fsp3) is 1.00. The average Bonchev–Trinajstić information content (AvgIpc) is 2.72. The Morgan fingerprint density at radius 1 is 0.929 bits per heavy atom. The Hall–Kier alpha value is -0.0400. The number of hydrogen-bond donors (Lipinski definition) is 0. The standard InChI is InChI=1S/C13H25N/c1-2-9-14-10-7-13(8-11-14)12-5-3-4-6-12/h12-13H,2-11H2,1H3. The summed E-state index contributed by atoms with van der Waals surface area (Å²) in [7, 11) is 0. The maximum absolute atomic E-state index is 2.66. The van der Waals surface area contributed by atoms with Crippen LogP contribution in [0.1, 0.15) is 51.9 Å². The van der Waals surface area contributed by atoms with Crippen molar-refractivity contribution in [1.82, 2.24) is 4.90 Å².